The summed E-state index contributed by atoms with van der Waals surface area (Å²) in [5.41, 5.74) is 4.73. The van der Waals surface area contributed by atoms with E-state index >= 15 is 0 Å². The Morgan fingerprint density at radius 3 is 2.47 bits per heavy atom. The first-order valence-electron chi connectivity index (χ1n) is 4.93. The summed E-state index contributed by atoms with van der Waals surface area (Å²) < 4.78 is 37.8. The van der Waals surface area contributed by atoms with Crippen molar-refractivity contribution in [2.75, 3.05) is 0 Å². The molecule has 3 N–H and O–H groups in total. The van der Waals surface area contributed by atoms with Gasteiger partial charge in [0.1, 0.15) is 0 Å². The van der Waals surface area contributed by atoms with Crippen LogP contribution in [0.5, 0.6) is 0 Å². The average molecular weight is 247 g/mol. The third-order valence-corrected chi connectivity index (χ3v) is 2.24. The van der Waals surface area contributed by atoms with Gasteiger partial charge >= 0.3 is 12.1 Å². The average Bonchev–Trinajstić information content (AvgIpc) is 2.15. The van der Waals surface area contributed by atoms with Gasteiger partial charge in [-0.1, -0.05) is 18.2 Å². The SMILES string of the molecule is NC(CC(=O)O)Cc1ccccc1C(F)(F)F. The quantitative estimate of drug-likeness (QED) is 0.855. The fraction of sp³-hybridized carbons (Fsp3) is 0.364. The number of hydrogen-bond donors (Lipinski definition) is 2. The maximum atomic E-state index is 12.6. The van der Waals surface area contributed by atoms with Crippen LogP contribution < -0.4 is 5.73 Å². The van der Waals surface area contributed by atoms with Crippen molar-refractivity contribution in [3.63, 3.8) is 0 Å². The second-order valence-corrected chi connectivity index (χ2v) is 3.72. The lowest BCUT2D eigenvalue weighted by molar-refractivity contribution is -0.138. The summed E-state index contributed by atoms with van der Waals surface area (Å²) in [4.78, 5) is 10.4. The molecule has 0 aliphatic carbocycles. The zero-order valence-electron chi connectivity index (χ0n) is 8.87. The first-order chi connectivity index (χ1) is 7.80. The largest absolute Gasteiger partial charge is 0.481 e. The van der Waals surface area contributed by atoms with Crippen molar-refractivity contribution < 1.29 is 23.1 Å². The predicted molar refractivity (Wildman–Crippen MR) is 55.4 cm³/mol. The molecule has 17 heavy (non-hydrogen) atoms. The molecule has 0 bridgehead atoms. The van der Waals surface area contributed by atoms with Gasteiger partial charge in [-0.05, 0) is 18.1 Å². The van der Waals surface area contributed by atoms with Gasteiger partial charge in [0.15, 0.2) is 0 Å². The van der Waals surface area contributed by atoms with E-state index in [0.717, 1.165) is 6.07 Å². The van der Waals surface area contributed by atoms with Crippen molar-refractivity contribution in [1.29, 1.82) is 0 Å². The van der Waals surface area contributed by atoms with Crippen molar-refractivity contribution in [2.24, 2.45) is 5.73 Å². The summed E-state index contributed by atoms with van der Waals surface area (Å²) in [5.74, 6) is -1.12. The van der Waals surface area contributed by atoms with Crippen LogP contribution in [0.3, 0.4) is 0 Å². The van der Waals surface area contributed by atoms with Crippen molar-refractivity contribution >= 4 is 5.97 Å². The number of benzene rings is 1. The van der Waals surface area contributed by atoms with Gasteiger partial charge in [-0.2, -0.15) is 13.2 Å². The molecule has 94 valence electrons. The van der Waals surface area contributed by atoms with E-state index in [1.807, 2.05) is 0 Å². The molecule has 0 saturated heterocycles. The number of carbonyl (C=O) groups is 1. The maximum Gasteiger partial charge on any atom is 0.416 e. The van der Waals surface area contributed by atoms with Crippen molar-refractivity contribution in [2.45, 2.75) is 25.1 Å². The molecule has 0 radical (unpaired) electrons. The molecule has 1 rings (SSSR count). The number of alkyl halides is 3. The zero-order chi connectivity index (χ0) is 13.1. The van der Waals surface area contributed by atoms with Gasteiger partial charge in [0.05, 0.1) is 12.0 Å². The summed E-state index contributed by atoms with van der Waals surface area (Å²) in [6.45, 7) is 0. The van der Waals surface area contributed by atoms with E-state index in [2.05, 4.69) is 0 Å². The van der Waals surface area contributed by atoms with Gasteiger partial charge in [-0.3, -0.25) is 4.79 Å². The number of halogens is 3. The first-order valence-corrected chi connectivity index (χ1v) is 4.93. The molecule has 6 heteroatoms. The Balaban J connectivity index is 2.87. The lowest BCUT2D eigenvalue weighted by Gasteiger charge is -2.15. The number of nitrogens with two attached hydrogens (primary N) is 1. The van der Waals surface area contributed by atoms with Crippen molar-refractivity contribution in [1.82, 2.24) is 0 Å². The van der Waals surface area contributed by atoms with Gasteiger partial charge in [-0.25, -0.2) is 0 Å². The first kappa shape index (κ1) is 13.5. The van der Waals surface area contributed by atoms with Crippen LogP contribution in [0.25, 0.3) is 0 Å². The summed E-state index contributed by atoms with van der Waals surface area (Å²) in [6.07, 6.45) is -4.91. The molecule has 0 aliphatic heterocycles. The van der Waals surface area contributed by atoms with Crippen LogP contribution in [0, 0.1) is 0 Å². The molecule has 1 atom stereocenters. The molecule has 0 saturated carbocycles. The molecule has 0 spiro atoms. The van der Waals surface area contributed by atoms with E-state index < -0.39 is 23.8 Å². The fourth-order valence-electron chi connectivity index (χ4n) is 1.55. The van der Waals surface area contributed by atoms with E-state index in [-0.39, 0.29) is 18.4 Å². The molecule has 1 aromatic rings. The Kier molecular flexibility index (Phi) is 4.11. The number of aliphatic carboxylic acids is 1. The molecule has 0 aliphatic rings. The lowest BCUT2D eigenvalue weighted by Crippen LogP contribution is -2.27. The molecule has 1 unspecified atom stereocenters. The van der Waals surface area contributed by atoms with Gasteiger partial charge in [0.2, 0.25) is 0 Å². The summed E-state index contributed by atoms with van der Waals surface area (Å²) >= 11 is 0. The minimum atomic E-state index is -4.44. The van der Waals surface area contributed by atoms with Gasteiger partial charge in [0, 0.05) is 6.04 Å². The van der Waals surface area contributed by atoms with Crippen LogP contribution in [0.1, 0.15) is 17.5 Å². The Morgan fingerprint density at radius 1 is 1.35 bits per heavy atom. The highest BCUT2D eigenvalue weighted by molar-refractivity contribution is 5.67. The summed E-state index contributed by atoms with van der Waals surface area (Å²) in [5, 5.41) is 8.49. The third-order valence-electron chi connectivity index (χ3n) is 2.24. The number of carboxylic acid groups (broad SMARTS) is 1. The number of carboxylic acids is 1. The van der Waals surface area contributed by atoms with E-state index in [9.17, 15) is 18.0 Å². The lowest BCUT2D eigenvalue weighted by atomic mass is 9.99. The van der Waals surface area contributed by atoms with Crippen molar-refractivity contribution in [3.05, 3.63) is 35.4 Å². The maximum absolute atomic E-state index is 12.6. The number of rotatable bonds is 4. The number of hydrogen-bond acceptors (Lipinski definition) is 2. The molecule has 0 fully saturated rings. The van der Waals surface area contributed by atoms with E-state index in [1.165, 1.54) is 18.2 Å². The predicted octanol–water partition coefficient (Wildman–Crippen LogP) is 2.05. The minimum Gasteiger partial charge on any atom is -0.481 e. The van der Waals surface area contributed by atoms with Crippen molar-refractivity contribution in [3.8, 4) is 0 Å². The van der Waals surface area contributed by atoms with Gasteiger partial charge in [-0.15, -0.1) is 0 Å². The van der Waals surface area contributed by atoms with E-state index in [0.29, 0.717) is 0 Å². The Bertz CT molecular complexity index is 404. The second-order valence-electron chi connectivity index (χ2n) is 3.72. The van der Waals surface area contributed by atoms with Crippen LogP contribution in [-0.2, 0) is 17.4 Å². The molecule has 0 amide bonds. The molecule has 0 aromatic heterocycles. The van der Waals surface area contributed by atoms with E-state index in [1.54, 1.807) is 0 Å². The molecular formula is C11H12F3NO2. The Labute approximate surface area is 96.0 Å². The summed E-state index contributed by atoms with van der Waals surface area (Å²) in [7, 11) is 0. The smallest absolute Gasteiger partial charge is 0.416 e. The topological polar surface area (TPSA) is 63.3 Å². The van der Waals surface area contributed by atoms with Crippen LogP contribution in [0.4, 0.5) is 13.2 Å². The zero-order valence-corrected chi connectivity index (χ0v) is 8.87. The summed E-state index contributed by atoms with van der Waals surface area (Å²) in [6, 6.07) is 4.21. The molecule has 1 aromatic carbocycles. The highest BCUT2D eigenvalue weighted by Crippen LogP contribution is 2.32. The minimum absolute atomic E-state index is 0.0220. The van der Waals surface area contributed by atoms with Gasteiger partial charge in [0.25, 0.3) is 0 Å². The highest BCUT2D eigenvalue weighted by atomic mass is 19.4. The second kappa shape index (κ2) is 5.18. The standard InChI is InChI=1S/C11H12F3NO2/c12-11(13,14)9-4-2-1-3-7(9)5-8(15)6-10(16)17/h1-4,8H,5-6,15H2,(H,16,17). The highest BCUT2D eigenvalue weighted by Gasteiger charge is 2.33. The Hall–Kier alpha value is -1.56. The molecular weight excluding hydrogens is 235 g/mol. The van der Waals surface area contributed by atoms with Gasteiger partial charge < -0.3 is 10.8 Å². The van der Waals surface area contributed by atoms with E-state index in [4.69, 9.17) is 10.8 Å². The Morgan fingerprint density at radius 2 is 1.94 bits per heavy atom. The third kappa shape index (κ3) is 4.07. The monoisotopic (exact) mass is 247 g/mol. The fourth-order valence-corrected chi connectivity index (χ4v) is 1.55. The molecule has 3 nitrogen and oxygen atoms in total. The molecule has 0 heterocycles. The van der Waals surface area contributed by atoms with Crippen LogP contribution in [0.15, 0.2) is 24.3 Å². The van der Waals surface area contributed by atoms with Crippen LogP contribution in [0.2, 0.25) is 0 Å². The van der Waals surface area contributed by atoms with Crippen LogP contribution in [-0.4, -0.2) is 17.1 Å². The normalized spacial score (nSPS) is 13.4. The van der Waals surface area contributed by atoms with Crippen LogP contribution >= 0.6 is 0 Å².